The van der Waals surface area contributed by atoms with E-state index in [-0.39, 0.29) is 0 Å². The number of ether oxygens (including phenoxy) is 1. The summed E-state index contributed by atoms with van der Waals surface area (Å²) in [6.45, 7) is 0.812. The molecule has 0 aliphatic carbocycles. The second-order valence-corrected chi connectivity index (χ2v) is 3.05. The summed E-state index contributed by atoms with van der Waals surface area (Å²) >= 11 is 0. The molecule has 2 rings (SSSR count). The zero-order chi connectivity index (χ0) is 9.80. The molecule has 2 nitrogen and oxygen atoms in total. The predicted molar refractivity (Wildman–Crippen MR) is 54.8 cm³/mol. The van der Waals surface area contributed by atoms with Gasteiger partial charge in [-0.1, -0.05) is 42.5 Å². The number of carbonyl (C=O) groups excluding carboxylic acids is 1. The summed E-state index contributed by atoms with van der Waals surface area (Å²) in [5, 5.41) is 2.30. The molecule has 0 aromatic heterocycles. The Kier molecular flexibility index (Phi) is 2.45. The lowest BCUT2D eigenvalue weighted by Gasteiger charge is -2.04. The maximum Gasteiger partial charge on any atom is 0.293 e. The van der Waals surface area contributed by atoms with Crippen LogP contribution in [-0.4, -0.2) is 6.47 Å². The van der Waals surface area contributed by atoms with Crippen LogP contribution in [0.2, 0.25) is 0 Å². The Bertz CT molecular complexity index is 444. The SMILES string of the molecule is O=COCc1cccc2ccccc12. The van der Waals surface area contributed by atoms with Gasteiger partial charge in [0.25, 0.3) is 6.47 Å². The van der Waals surface area contributed by atoms with E-state index in [4.69, 9.17) is 4.74 Å². The van der Waals surface area contributed by atoms with Crippen molar-refractivity contribution in [2.24, 2.45) is 0 Å². The van der Waals surface area contributed by atoms with Gasteiger partial charge in [0.05, 0.1) is 0 Å². The van der Waals surface area contributed by atoms with Gasteiger partial charge in [-0.15, -0.1) is 0 Å². The number of fused-ring (bicyclic) bond motifs is 1. The minimum atomic E-state index is 0.338. The lowest BCUT2D eigenvalue weighted by molar-refractivity contribution is -0.129. The highest BCUT2D eigenvalue weighted by Crippen LogP contribution is 2.18. The topological polar surface area (TPSA) is 26.3 Å². The molecule has 0 N–H and O–H groups in total. The molecule has 0 atom stereocenters. The minimum absolute atomic E-state index is 0.338. The lowest BCUT2D eigenvalue weighted by atomic mass is 10.1. The third-order valence-corrected chi connectivity index (χ3v) is 2.19. The van der Waals surface area contributed by atoms with Crippen molar-refractivity contribution in [3.8, 4) is 0 Å². The van der Waals surface area contributed by atoms with Crippen LogP contribution in [0.3, 0.4) is 0 Å². The van der Waals surface area contributed by atoms with Crippen molar-refractivity contribution >= 4 is 17.2 Å². The highest BCUT2D eigenvalue weighted by Gasteiger charge is 1.99. The van der Waals surface area contributed by atoms with Crippen LogP contribution in [0.25, 0.3) is 10.8 Å². The zero-order valence-corrected chi connectivity index (χ0v) is 7.64. The third kappa shape index (κ3) is 1.59. The molecule has 2 heteroatoms. The van der Waals surface area contributed by atoms with Crippen molar-refractivity contribution in [2.45, 2.75) is 6.61 Å². The molecule has 14 heavy (non-hydrogen) atoms. The van der Waals surface area contributed by atoms with Gasteiger partial charge in [0.2, 0.25) is 0 Å². The van der Waals surface area contributed by atoms with Crippen LogP contribution in [0.4, 0.5) is 0 Å². The molecule has 0 fully saturated rings. The Hall–Kier alpha value is -1.83. The molecule has 0 spiro atoms. The average molecular weight is 186 g/mol. The highest BCUT2D eigenvalue weighted by atomic mass is 16.5. The van der Waals surface area contributed by atoms with Crippen molar-refractivity contribution in [1.82, 2.24) is 0 Å². The van der Waals surface area contributed by atoms with Gasteiger partial charge in [0, 0.05) is 0 Å². The third-order valence-electron chi connectivity index (χ3n) is 2.19. The summed E-state index contributed by atoms with van der Waals surface area (Å²) in [4.78, 5) is 10.1. The number of hydrogen-bond donors (Lipinski definition) is 0. The van der Waals surface area contributed by atoms with Gasteiger partial charge in [-0.2, -0.15) is 0 Å². The molecule has 0 saturated heterocycles. The van der Waals surface area contributed by atoms with Crippen LogP contribution in [0, 0.1) is 0 Å². The maximum absolute atomic E-state index is 10.1. The van der Waals surface area contributed by atoms with Gasteiger partial charge >= 0.3 is 0 Å². The van der Waals surface area contributed by atoms with E-state index in [1.54, 1.807) is 0 Å². The predicted octanol–water partition coefficient (Wildman–Crippen LogP) is 2.51. The molecule has 2 aromatic rings. The van der Waals surface area contributed by atoms with Crippen LogP contribution in [0.15, 0.2) is 42.5 Å². The fourth-order valence-corrected chi connectivity index (χ4v) is 1.54. The monoisotopic (exact) mass is 186 g/mol. The number of carbonyl (C=O) groups is 1. The van der Waals surface area contributed by atoms with Crippen molar-refractivity contribution in [2.75, 3.05) is 0 Å². The first-order valence-electron chi connectivity index (χ1n) is 4.44. The summed E-state index contributed by atoms with van der Waals surface area (Å²) in [5.74, 6) is 0. The molecule has 0 unspecified atom stereocenters. The minimum Gasteiger partial charge on any atom is -0.463 e. The maximum atomic E-state index is 10.1. The Labute approximate surface area is 82.1 Å². The molecule has 0 aliphatic heterocycles. The Morgan fingerprint density at radius 3 is 2.71 bits per heavy atom. The summed E-state index contributed by atoms with van der Waals surface area (Å²) < 4.78 is 4.75. The Morgan fingerprint density at radius 2 is 1.86 bits per heavy atom. The smallest absolute Gasteiger partial charge is 0.293 e. The van der Waals surface area contributed by atoms with E-state index < -0.39 is 0 Å². The van der Waals surface area contributed by atoms with Crippen LogP contribution in [0.5, 0.6) is 0 Å². The molecule has 0 amide bonds. The first-order valence-corrected chi connectivity index (χ1v) is 4.44. The first-order chi connectivity index (χ1) is 6.92. The largest absolute Gasteiger partial charge is 0.463 e. The summed E-state index contributed by atoms with van der Waals surface area (Å²) in [5.41, 5.74) is 1.04. The van der Waals surface area contributed by atoms with E-state index in [0.717, 1.165) is 10.9 Å². The summed E-state index contributed by atoms with van der Waals surface area (Å²) in [7, 11) is 0. The van der Waals surface area contributed by atoms with Crippen LogP contribution in [-0.2, 0) is 16.1 Å². The van der Waals surface area contributed by atoms with E-state index in [0.29, 0.717) is 13.1 Å². The van der Waals surface area contributed by atoms with Gasteiger partial charge in [-0.3, -0.25) is 4.79 Å². The van der Waals surface area contributed by atoms with E-state index in [2.05, 4.69) is 0 Å². The zero-order valence-electron chi connectivity index (χ0n) is 7.64. The van der Waals surface area contributed by atoms with Crippen molar-refractivity contribution in [1.29, 1.82) is 0 Å². The number of hydrogen-bond acceptors (Lipinski definition) is 2. The second-order valence-electron chi connectivity index (χ2n) is 3.05. The van der Waals surface area contributed by atoms with Gasteiger partial charge in [-0.25, -0.2) is 0 Å². The molecule has 0 saturated carbocycles. The van der Waals surface area contributed by atoms with E-state index in [1.807, 2.05) is 42.5 Å². The molecule has 2 aromatic carbocycles. The van der Waals surface area contributed by atoms with Crippen LogP contribution >= 0.6 is 0 Å². The van der Waals surface area contributed by atoms with Gasteiger partial charge < -0.3 is 4.74 Å². The standard InChI is InChI=1S/C12H10O2/c13-9-14-8-11-6-3-5-10-4-1-2-7-12(10)11/h1-7,9H,8H2. The van der Waals surface area contributed by atoms with Crippen molar-refractivity contribution in [3.05, 3.63) is 48.0 Å². The fourth-order valence-electron chi connectivity index (χ4n) is 1.54. The van der Waals surface area contributed by atoms with Gasteiger partial charge in [0.1, 0.15) is 6.61 Å². The Morgan fingerprint density at radius 1 is 1.07 bits per heavy atom. The van der Waals surface area contributed by atoms with E-state index >= 15 is 0 Å². The van der Waals surface area contributed by atoms with Crippen molar-refractivity contribution < 1.29 is 9.53 Å². The first kappa shape index (κ1) is 8.75. The molecule has 70 valence electrons. The molecular formula is C12H10O2. The number of benzene rings is 2. The Balaban J connectivity index is 2.48. The molecule has 0 radical (unpaired) electrons. The van der Waals surface area contributed by atoms with E-state index in [1.165, 1.54) is 5.39 Å². The number of rotatable bonds is 3. The molecule has 0 bridgehead atoms. The second kappa shape index (κ2) is 3.92. The van der Waals surface area contributed by atoms with Crippen LogP contribution in [0.1, 0.15) is 5.56 Å². The summed E-state index contributed by atoms with van der Waals surface area (Å²) in [6, 6.07) is 14.0. The molecule has 0 aliphatic rings. The average Bonchev–Trinajstić information content (AvgIpc) is 2.26. The fraction of sp³-hybridized carbons (Fsp3) is 0.0833. The summed E-state index contributed by atoms with van der Waals surface area (Å²) in [6.07, 6.45) is 0. The highest BCUT2D eigenvalue weighted by molar-refractivity contribution is 5.85. The van der Waals surface area contributed by atoms with Gasteiger partial charge in [-0.05, 0) is 16.3 Å². The quantitative estimate of drug-likeness (QED) is 0.688. The lowest BCUT2D eigenvalue weighted by Crippen LogP contribution is -1.90. The van der Waals surface area contributed by atoms with E-state index in [9.17, 15) is 4.79 Å². The molecule has 0 heterocycles. The van der Waals surface area contributed by atoms with Gasteiger partial charge in [0.15, 0.2) is 0 Å². The van der Waals surface area contributed by atoms with Crippen LogP contribution < -0.4 is 0 Å². The molecular weight excluding hydrogens is 176 g/mol. The van der Waals surface area contributed by atoms with Crippen molar-refractivity contribution in [3.63, 3.8) is 0 Å². The normalized spacial score (nSPS) is 10.0.